The fourth-order valence-corrected chi connectivity index (χ4v) is 2.83. The van der Waals surface area contributed by atoms with E-state index in [-0.39, 0.29) is 18.1 Å². The first kappa shape index (κ1) is 15.4. The van der Waals surface area contributed by atoms with Gasteiger partial charge in [0.2, 0.25) is 0 Å². The zero-order valence-electron chi connectivity index (χ0n) is 13.1. The highest BCUT2D eigenvalue weighted by Crippen LogP contribution is 2.26. The summed E-state index contributed by atoms with van der Waals surface area (Å²) in [6.07, 6.45) is 3.43. The van der Waals surface area contributed by atoms with Gasteiger partial charge < -0.3 is 19.4 Å². The van der Waals surface area contributed by atoms with Gasteiger partial charge in [-0.05, 0) is 13.3 Å². The van der Waals surface area contributed by atoms with E-state index in [4.69, 9.17) is 0 Å². The zero-order valence-corrected chi connectivity index (χ0v) is 13.1. The second-order valence-corrected chi connectivity index (χ2v) is 5.96. The average Bonchev–Trinajstić information content (AvgIpc) is 3.16. The van der Waals surface area contributed by atoms with Gasteiger partial charge in [-0.2, -0.15) is 0 Å². The number of rotatable bonds is 4. The highest BCUT2D eigenvalue weighted by atomic mass is 16.5. The molecule has 1 aliphatic heterocycles. The minimum absolute atomic E-state index is 0.221. The van der Waals surface area contributed by atoms with Gasteiger partial charge in [-0.15, -0.1) is 0 Å². The summed E-state index contributed by atoms with van der Waals surface area (Å²) in [7, 11) is 1.65. The summed E-state index contributed by atoms with van der Waals surface area (Å²) in [6, 6.07) is 3.39. The molecule has 3 heterocycles. The Labute approximate surface area is 133 Å². The van der Waals surface area contributed by atoms with Crippen LogP contribution in [-0.4, -0.2) is 63.3 Å². The Balaban J connectivity index is 1.65. The van der Waals surface area contributed by atoms with Crippen LogP contribution < -0.4 is 4.90 Å². The Morgan fingerprint density at radius 3 is 3.04 bits per heavy atom. The van der Waals surface area contributed by atoms with Crippen molar-refractivity contribution in [3.05, 3.63) is 36.1 Å². The summed E-state index contributed by atoms with van der Waals surface area (Å²) in [6.45, 7) is 3.22. The predicted octanol–water partition coefficient (Wildman–Crippen LogP) is 0.486. The lowest BCUT2D eigenvalue weighted by molar-refractivity contribution is 0.0260. The third kappa shape index (κ3) is 3.31. The van der Waals surface area contributed by atoms with Crippen LogP contribution in [0.2, 0.25) is 0 Å². The number of carbonyl (C=O) groups is 1. The van der Waals surface area contributed by atoms with Crippen molar-refractivity contribution in [1.82, 2.24) is 20.0 Å². The van der Waals surface area contributed by atoms with Crippen molar-refractivity contribution in [3.63, 3.8) is 0 Å². The van der Waals surface area contributed by atoms with Gasteiger partial charge in [-0.25, -0.2) is 9.97 Å². The van der Waals surface area contributed by atoms with E-state index in [1.165, 1.54) is 23.6 Å². The molecule has 8 heteroatoms. The molecular weight excluding hydrogens is 298 g/mol. The van der Waals surface area contributed by atoms with Crippen LogP contribution in [0.3, 0.4) is 0 Å². The van der Waals surface area contributed by atoms with Crippen molar-refractivity contribution in [2.45, 2.75) is 18.9 Å². The molecule has 1 aliphatic rings. The quantitative estimate of drug-likeness (QED) is 0.876. The monoisotopic (exact) mass is 317 g/mol. The molecule has 1 N–H and O–H groups in total. The van der Waals surface area contributed by atoms with Gasteiger partial charge in [0.25, 0.3) is 5.91 Å². The SMILES string of the molecule is Cc1cc(N2CC[C@@](O)(CN(C)C(=O)c3ccon3)C2)ncn1. The van der Waals surface area contributed by atoms with Crippen LogP contribution in [0, 0.1) is 6.92 Å². The van der Waals surface area contributed by atoms with Crippen molar-refractivity contribution in [2.24, 2.45) is 0 Å². The summed E-state index contributed by atoms with van der Waals surface area (Å²) in [5.41, 5.74) is 0.133. The third-order valence-electron chi connectivity index (χ3n) is 3.98. The maximum Gasteiger partial charge on any atom is 0.275 e. The topological polar surface area (TPSA) is 95.6 Å². The van der Waals surface area contributed by atoms with Crippen molar-refractivity contribution in [2.75, 3.05) is 31.6 Å². The molecule has 122 valence electrons. The molecule has 0 saturated carbocycles. The number of carbonyl (C=O) groups excluding carboxylic acids is 1. The van der Waals surface area contributed by atoms with Crippen LogP contribution in [0.15, 0.2) is 29.2 Å². The molecule has 2 aromatic heterocycles. The molecule has 0 spiro atoms. The molecule has 0 unspecified atom stereocenters. The van der Waals surface area contributed by atoms with E-state index in [0.717, 1.165) is 11.5 Å². The van der Waals surface area contributed by atoms with Gasteiger partial charge in [-0.1, -0.05) is 5.16 Å². The third-order valence-corrected chi connectivity index (χ3v) is 3.98. The lowest BCUT2D eigenvalue weighted by Gasteiger charge is -2.28. The lowest BCUT2D eigenvalue weighted by atomic mass is 10.0. The molecule has 0 bridgehead atoms. The summed E-state index contributed by atoms with van der Waals surface area (Å²) in [4.78, 5) is 24.0. The number of likely N-dealkylation sites (N-methyl/N-ethyl adjacent to an activating group) is 1. The van der Waals surface area contributed by atoms with Crippen LogP contribution in [0.4, 0.5) is 5.82 Å². The number of nitrogens with zero attached hydrogens (tertiary/aromatic N) is 5. The number of aryl methyl sites for hydroxylation is 1. The molecule has 23 heavy (non-hydrogen) atoms. The molecule has 2 aromatic rings. The molecule has 3 rings (SSSR count). The van der Waals surface area contributed by atoms with E-state index in [9.17, 15) is 9.90 Å². The standard InChI is InChI=1S/C15H19N5O3/c1-11-7-13(17-10-16-11)20-5-4-15(22,9-20)8-19(2)14(21)12-3-6-23-18-12/h3,6-7,10,22H,4-5,8-9H2,1-2H3/t15-/m1/s1. The van der Waals surface area contributed by atoms with Gasteiger partial charge >= 0.3 is 0 Å². The normalized spacial score (nSPS) is 20.7. The molecule has 0 radical (unpaired) electrons. The van der Waals surface area contributed by atoms with Crippen LogP contribution in [-0.2, 0) is 0 Å². The van der Waals surface area contributed by atoms with Gasteiger partial charge in [0, 0.05) is 38.0 Å². The highest BCUT2D eigenvalue weighted by Gasteiger charge is 2.38. The minimum Gasteiger partial charge on any atom is -0.386 e. The fraction of sp³-hybridized carbons (Fsp3) is 0.467. The second kappa shape index (κ2) is 5.96. The molecule has 1 amide bonds. The van der Waals surface area contributed by atoms with Crippen LogP contribution >= 0.6 is 0 Å². The molecule has 1 atom stereocenters. The highest BCUT2D eigenvalue weighted by molar-refractivity contribution is 5.91. The van der Waals surface area contributed by atoms with Gasteiger partial charge in [0.15, 0.2) is 5.69 Å². The Bertz CT molecular complexity index is 690. The maximum atomic E-state index is 12.2. The summed E-state index contributed by atoms with van der Waals surface area (Å²) in [5.74, 6) is 0.516. The van der Waals surface area contributed by atoms with E-state index in [1.54, 1.807) is 7.05 Å². The Morgan fingerprint density at radius 2 is 2.35 bits per heavy atom. The first-order valence-electron chi connectivity index (χ1n) is 7.39. The maximum absolute atomic E-state index is 12.2. The van der Waals surface area contributed by atoms with Gasteiger partial charge in [-0.3, -0.25) is 4.79 Å². The summed E-state index contributed by atoms with van der Waals surface area (Å²) in [5, 5.41) is 14.4. The van der Waals surface area contributed by atoms with Crippen molar-refractivity contribution in [3.8, 4) is 0 Å². The van der Waals surface area contributed by atoms with E-state index in [1.807, 2.05) is 17.9 Å². The Hall–Kier alpha value is -2.48. The largest absolute Gasteiger partial charge is 0.386 e. The first-order chi connectivity index (χ1) is 11.0. The van der Waals surface area contributed by atoms with Crippen LogP contribution in [0.25, 0.3) is 0 Å². The molecule has 0 aromatic carbocycles. The second-order valence-electron chi connectivity index (χ2n) is 5.96. The number of β-amino-alcohol motifs (C(OH)–C–C–N with tert-alkyl or cyclic N) is 1. The zero-order chi connectivity index (χ0) is 16.4. The lowest BCUT2D eigenvalue weighted by Crippen LogP contribution is -2.46. The van der Waals surface area contributed by atoms with Crippen molar-refractivity contribution in [1.29, 1.82) is 0 Å². The number of hydrogen-bond acceptors (Lipinski definition) is 7. The van der Waals surface area contributed by atoms with Crippen LogP contribution in [0.1, 0.15) is 22.6 Å². The number of hydrogen-bond donors (Lipinski definition) is 1. The van der Waals surface area contributed by atoms with Crippen molar-refractivity contribution < 1.29 is 14.4 Å². The fourth-order valence-electron chi connectivity index (χ4n) is 2.83. The summed E-state index contributed by atoms with van der Waals surface area (Å²) < 4.78 is 4.68. The number of amides is 1. The first-order valence-corrected chi connectivity index (χ1v) is 7.39. The van der Waals surface area contributed by atoms with E-state index in [0.29, 0.717) is 19.5 Å². The smallest absolute Gasteiger partial charge is 0.275 e. The molecular formula is C15H19N5O3. The Morgan fingerprint density at radius 1 is 1.52 bits per heavy atom. The molecule has 1 fully saturated rings. The minimum atomic E-state index is -0.979. The molecule has 8 nitrogen and oxygen atoms in total. The predicted molar refractivity (Wildman–Crippen MR) is 82.0 cm³/mol. The van der Waals surface area contributed by atoms with Gasteiger partial charge in [0.1, 0.15) is 24.0 Å². The van der Waals surface area contributed by atoms with Gasteiger partial charge in [0.05, 0.1) is 6.54 Å². The number of anilines is 1. The summed E-state index contributed by atoms with van der Waals surface area (Å²) >= 11 is 0. The average molecular weight is 317 g/mol. The molecule has 1 saturated heterocycles. The van der Waals surface area contributed by atoms with Crippen molar-refractivity contribution >= 4 is 11.7 Å². The Kier molecular flexibility index (Phi) is 3.99. The number of aliphatic hydroxyl groups is 1. The van der Waals surface area contributed by atoms with Crippen LogP contribution in [0.5, 0.6) is 0 Å². The van der Waals surface area contributed by atoms with E-state index < -0.39 is 5.60 Å². The number of aromatic nitrogens is 3. The van der Waals surface area contributed by atoms with E-state index >= 15 is 0 Å². The molecule has 0 aliphatic carbocycles. The van der Waals surface area contributed by atoms with E-state index in [2.05, 4.69) is 19.6 Å².